The van der Waals surface area contributed by atoms with Gasteiger partial charge in [-0.25, -0.2) is 0 Å². The number of nitrogens with one attached hydrogen (secondary N) is 1. The van der Waals surface area contributed by atoms with Gasteiger partial charge in [-0.05, 0) is 29.1 Å². The molecule has 10 heteroatoms. The van der Waals surface area contributed by atoms with E-state index in [9.17, 15) is 30.7 Å². The van der Waals surface area contributed by atoms with Crippen molar-refractivity contribution in [3.05, 3.63) is 54.6 Å². The van der Waals surface area contributed by atoms with Crippen LogP contribution >= 0.6 is 0 Å². The lowest BCUT2D eigenvalue weighted by atomic mass is 10.00. The van der Waals surface area contributed by atoms with Gasteiger partial charge in [0.1, 0.15) is 9.79 Å². The molecule has 0 heterocycles. The Balaban J connectivity index is 2.36. The molecule has 0 saturated heterocycles. The smallest absolute Gasteiger partial charge is 0.296 e. The van der Waals surface area contributed by atoms with Crippen LogP contribution in [-0.4, -0.2) is 31.8 Å². The average molecular weight is 421 g/mol. The van der Waals surface area contributed by atoms with Crippen molar-refractivity contribution < 1.29 is 30.7 Å². The summed E-state index contributed by atoms with van der Waals surface area (Å²) in [7, 11) is -9.90. The number of fused-ring (bicyclic) bond motifs is 1. The van der Waals surface area contributed by atoms with Gasteiger partial charge >= 0.3 is 0 Å². The Bertz CT molecular complexity index is 1310. The fourth-order valence-corrected chi connectivity index (χ4v) is 4.96. The minimum atomic E-state index is -4.99. The second kappa shape index (κ2) is 6.99. The van der Waals surface area contributed by atoms with Gasteiger partial charge < -0.3 is 5.32 Å². The molecule has 0 aliphatic heterocycles. The van der Waals surface area contributed by atoms with Gasteiger partial charge in [-0.2, -0.15) is 16.8 Å². The summed E-state index contributed by atoms with van der Waals surface area (Å²) in [5.74, 6) is -0.301. The molecule has 8 nitrogen and oxygen atoms in total. The van der Waals surface area contributed by atoms with E-state index >= 15 is 0 Å². The molecule has 0 unspecified atom stereocenters. The van der Waals surface area contributed by atoms with Crippen molar-refractivity contribution in [2.24, 2.45) is 0 Å². The fourth-order valence-electron chi connectivity index (χ4n) is 2.95. The van der Waals surface area contributed by atoms with E-state index in [-0.39, 0.29) is 17.0 Å². The first-order chi connectivity index (χ1) is 13.0. The predicted molar refractivity (Wildman–Crippen MR) is 103 cm³/mol. The molecule has 28 heavy (non-hydrogen) atoms. The number of hydrogen-bond donors (Lipinski definition) is 3. The first kappa shape index (κ1) is 20.0. The predicted octanol–water partition coefficient (Wildman–Crippen LogP) is 2.96. The molecule has 0 saturated carbocycles. The van der Waals surface area contributed by atoms with Crippen LogP contribution in [0, 0.1) is 0 Å². The summed E-state index contributed by atoms with van der Waals surface area (Å²) in [6, 6.07) is 13.4. The molecule has 0 atom stereocenters. The van der Waals surface area contributed by atoms with Crippen molar-refractivity contribution in [1.82, 2.24) is 0 Å². The van der Waals surface area contributed by atoms with E-state index in [1.807, 2.05) is 0 Å². The number of amides is 1. The molecular formula is C18H15NO7S2. The Morgan fingerprint density at radius 3 is 2.18 bits per heavy atom. The molecule has 3 N–H and O–H groups in total. The average Bonchev–Trinajstić information content (AvgIpc) is 2.59. The Kier molecular flexibility index (Phi) is 4.98. The van der Waals surface area contributed by atoms with E-state index in [4.69, 9.17) is 0 Å². The third-order valence-electron chi connectivity index (χ3n) is 4.02. The highest BCUT2D eigenvalue weighted by Gasteiger charge is 2.27. The van der Waals surface area contributed by atoms with Gasteiger partial charge in [-0.3, -0.25) is 13.9 Å². The zero-order valence-corrected chi connectivity index (χ0v) is 16.1. The van der Waals surface area contributed by atoms with Crippen LogP contribution in [0.1, 0.15) is 6.92 Å². The third-order valence-corrected chi connectivity index (χ3v) is 6.00. The summed E-state index contributed by atoms with van der Waals surface area (Å²) >= 11 is 0. The van der Waals surface area contributed by atoms with E-state index < -0.39 is 30.0 Å². The van der Waals surface area contributed by atoms with Gasteiger partial charge in [0, 0.05) is 23.6 Å². The minimum Gasteiger partial charge on any atom is -0.326 e. The molecule has 1 amide bonds. The molecule has 0 bridgehead atoms. The minimum absolute atomic E-state index is 0.114. The molecule has 0 radical (unpaired) electrons. The van der Waals surface area contributed by atoms with Crippen LogP contribution in [0.15, 0.2) is 64.4 Å². The molecule has 0 aromatic heterocycles. The van der Waals surface area contributed by atoms with Gasteiger partial charge in [0.15, 0.2) is 0 Å². The van der Waals surface area contributed by atoms with Crippen LogP contribution in [-0.2, 0) is 25.0 Å². The van der Waals surface area contributed by atoms with E-state index in [0.717, 1.165) is 11.5 Å². The number of hydrogen-bond acceptors (Lipinski definition) is 5. The van der Waals surface area contributed by atoms with E-state index in [0.29, 0.717) is 11.1 Å². The molecule has 3 aromatic rings. The second-order valence-corrected chi connectivity index (χ2v) is 8.75. The van der Waals surface area contributed by atoms with Crippen molar-refractivity contribution in [2.45, 2.75) is 16.7 Å². The Morgan fingerprint density at radius 2 is 1.57 bits per heavy atom. The Hall–Kier alpha value is -2.79. The maximum absolute atomic E-state index is 11.9. The molecular weight excluding hydrogens is 406 g/mol. The standard InChI is InChI=1S/C18H15NO7S2/c1-11(20)19-16-6-2-4-12-8-9-13(10-15(12)16)14-5-3-7-17(27(21,22)23)18(14)28(24,25)26/h2-10H,1H3,(H,19,20)(H,21,22,23)(H,24,25,26). The van der Waals surface area contributed by atoms with Crippen LogP contribution in [0.3, 0.4) is 0 Å². The highest BCUT2D eigenvalue weighted by molar-refractivity contribution is 7.89. The summed E-state index contributed by atoms with van der Waals surface area (Å²) in [4.78, 5) is 9.58. The lowest BCUT2D eigenvalue weighted by Gasteiger charge is -2.13. The zero-order chi connectivity index (χ0) is 20.7. The number of carbonyl (C=O) groups excluding carboxylic acids is 1. The number of rotatable bonds is 4. The molecule has 146 valence electrons. The largest absolute Gasteiger partial charge is 0.326 e. The Morgan fingerprint density at radius 1 is 0.893 bits per heavy atom. The number of benzene rings is 3. The summed E-state index contributed by atoms with van der Waals surface area (Å²) in [6.07, 6.45) is 0. The van der Waals surface area contributed by atoms with E-state index in [2.05, 4.69) is 5.32 Å². The quantitative estimate of drug-likeness (QED) is 0.551. The second-order valence-electron chi connectivity index (χ2n) is 6.01. The number of anilines is 1. The Labute approximate surface area is 161 Å². The maximum atomic E-state index is 11.9. The van der Waals surface area contributed by atoms with Crippen molar-refractivity contribution in [1.29, 1.82) is 0 Å². The maximum Gasteiger partial charge on any atom is 0.296 e. The SMILES string of the molecule is CC(=O)Nc1cccc2ccc(-c3cccc(S(=O)(=O)O)c3S(=O)(=O)O)cc12. The number of carbonyl (C=O) groups is 1. The molecule has 3 aromatic carbocycles. The van der Waals surface area contributed by atoms with Crippen LogP contribution in [0.25, 0.3) is 21.9 Å². The summed E-state index contributed by atoms with van der Waals surface area (Å²) < 4.78 is 66.0. The van der Waals surface area contributed by atoms with Crippen LogP contribution in [0.5, 0.6) is 0 Å². The van der Waals surface area contributed by atoms with Crippen molar-refractivity contribution in [3.8, 4) is 11.1 Å². The van der Waals surface area contributed by atoms with Crippen molar-refractivity contribution >= 4 is 42.6 Å². The fraction of sp³-hybridized carbons (Fsp3) is 0.0556. The lowest BCUT2D eigenvalue weighted by molar-refractivity contribution is -0.114. The normalized spacial score (nSPS) is 12.1. The molecule has 0 aliphatic rings. The topological polar surface area (TPSA) is 138 Å². The first-order valence-corrected chi connectivity index (χ1v) is 10.8. The molecule has 0 spiro atoms. The van der Waals surface area contributed by atoms with Crippen molar-refractivity contribution in [3.63, 3.8) is 0 Å². The lowest BCUT2D eigenvalue weighted by Crippen LogP contribution is -2.10. The molecule has 0 aliphatic carbocycles. The van der Waals surface area contributed by atoms with E-state index in [1.165, 1.54) is 25.1 Å². The molecule has 0 fully saturated rings. The van der Waals surface area contributed by atoms with Gasteiger partial charge in [0.25, 0.3) is 20.2 Å². The van der Waals surface area contributed by atoms with Crippen LogP contribution < -0.4 is 5.32 Å². The first-order valence-electron chi connectivity index (χ1n) is 7.87. The van der Waals surface area contributed by atoms with Crippen LogP contribution in [0.4, 0.5) is 5.69 Å². The summed E-state index contributed by atoms with van der Waals surface area (Å²) in [5, 5.41) is 3.99. The highest BCUT2D eigenvalue weighted by atomic mass is 32.2. The molecule has 3 rings (SSSR count). The summed E-state index contributed by atoms with van der Waals surface area (Å²) in [6.45, 7) is 1.34. The van der Waals surface area contributed by atoms with Crippen LogP contribution in [0.2, 0.25) is 0 Å². The van der Waals surface area contributed by atoms with Gasteiger partial charge in [-0.1, -0.05) is 36.4 Å². The monoisotopic (exact) mass is 421 g/mol. The summed E-state index contributed by atoms with van der Waals surface area (Å²) in [5.41, 5.74) is 0.631. The zero-order valence-electron chi connectivity index (χ0n) is 14.4. The highest BCUT2D eigenvalue weighted by Crippen LogP contribution is 2.35. The van der Waals surface area contributed by atoms with Crippen molar-refractivity contribution in [2.75, 3.05) is 5.32 Å². The van der Waals surface area contributed by atoms with Gasteiger partial charge in [0.2, 0.25) is 5.91 Å². The van der Waals surface area contributed by atoms with E-state index in [1.54, 1.807) is 30.3 Å². The van der Waals surface area contributed by atoms with Gasteiger partial charge in [-0.15, -0.1) is 0 Å². The third kappa shape index (κ3) is 3.90. The van der Waals surface area contributed by atoms with Gasteiger partial charge in [0.05, 0.1) is 0 Å².